The van der Waals surface area contributed by atoms with E-state index in [4.69, 9.17) is 9.47 Å². The number of carbonyl (C=O) groups is 1. The molecule has 1 fully saturated rings. The Balaban J connectivity index is 1.74. The summed E-state index contributed by atoms with van der Waals surface area (Å²) in [5.41, 5.74) is 1.64. The number of ether oxygens (including phenoxy) is 2. The van der Waals surface area contributed by atoms with E-state index in [0.717, 1.165) is 30.3 Å². The van der Waals surface area contributed by atoms with Gasteiger partial charge >= 0.3 is 0 Å². The first-order valence-electron chi connectivity index (χ1n) is 6.18. The van der Waals surface area contributed by atoms with Crippen molar-refractivity contribution >= 4 is 5.78 Å². The van der Waals surface area contributed by atoms with Crippen LogP contribution in [0.5, 0.6) is 11.5 Å². The summed E-state index contributed by atoms with van der Waals surface area (Å²) in [6.45, 7) is 2.88. The molecule has 0 unspecified atom stereocenters. The summed E-state index contributed by atoms with van der Waals surface area (Å²) in [4.78, 5) is 11.5. The van der Waals surface area contributed by atoms with Crippen LogP contribution >= 0.6 is 0 Å². The van der Waals surface area contributed by atoms with Gasteiger partial charge < -0.3 is 9.47 Å². The molecule has 1 aliphatic heterocycles. The van der Waals surface area contributed by atoms with Crippen molar-refractivity contribution in [2.75, 3.05) is 13.2 Å². The van der Waals surface area contributed by atoms with Crippen LogP contribution in [-0.2, 0) is 0 Å². The molecule has 1 aromatic carbocycles. The number of hydrogen-bond acceptors (Lipinski definition) is 3. The zero-order valence-electron chi connectivity index (χ0n) is 9.99. The van der Waals surface area contributed by atoms with Crippen molar-refractivity contribution in [1.82, 2.24) is 0 Å². The van der Waals surface area contributed by atoms with Gasteiger partial charge in [-0.25, -0.2) is 0 Å². The molecule has 3 heteroatoms. The van der Waals surface area contributed by atoms with Crippen LogP contribution in [0.15, 0.2) is 12.1 Å². The lowest BCUT2D eigenvalue weighted by molar-refractivity contribution is 0.0961. The predicted molar refractivity (Wildman–Crippen MR) is 63.8 cm³/mol. The first-order chi connectivity index (χ1) is 8.25. The van der Waals surface area contributed by atoms with E-state index in [1.807, 2.05) is 19.1 Å². The van der Waals surface area contributed by atoms with Gasteiger partial charge in [-0.05, 0) is 31.4 Å². The fourth-order valence-electron chi connectivity index (χ4n) is 2.19. The summed E-state index contributed by atoms with van der Waals surface area (Å²) in [6, 6.07) is 3.69. The quantitative estimate of drug-likeness (QED) is 0.800. The lowest BCUT2D eigenvalue weighted by Crippen LogP contribution is -2.00. The molecule has 1 saturated carbocycles. The molecule has 2 aliphatic rings. The average molecular weight is 232 g/mol. The third kappa shape index (κ3) is 2.02. The zero-order valence-corrected chi connectivity index (χ0v) is 9.99. The lowest BCUT2D eigenvalue weighted by Gasteiger charge is -2.11. The summed E-state index contributed by atoms with van der Waals surface area (Å²) < 4.78 is 11.1. The highest BCUT2D eigenvalue weighted by Gasteiger charge is 2.25. The molecule has 3 rings (SSSR count). The molecule has 0 aromatic heterocycles. The Morgan fingerprint density at radius 2 is 2.24 bits per heavy atom. The molecule has 0 N–H and O–H groups in total. The largest absolute Gasteiger partial charge is 0.493 e. The molecular formula is C14H16O3. The molecule has 1 aromatic rings. The number of benzene rings is 1. The summed E-state index contributed by atoms with van der Waals surface area (Å²) in [7, 11) is 0. The summed E-state index contributed by atoms with van der Waals surface area (Å²) in [5, 5.41) is 0. The average Bonchev–Trinajstić information content (AvgIpc) is 3.06. The van der Waals surface area contributed by atoms with E-state index in [1.165, 1.54) is 12.8 Å². The van der Waals surface area contributed by atoms with Gasteiger partial charge in [-0.3, -0.25) is 4.79 Å². The van der Waals surface area contributed by atoms with Crippen molar-refractivity contribution < 1.29 is 14.3 Å². The van der Waals surface area contributed by atoms with Crippen molar-refractivity contribution in [1.29, 1.82) is 0 Å². The van der Waals surface area contributed by atoms with E-state index in [1.54, 1.807) is 0 Å². The van der Waals surface area contributed by atoms with Crippen molar-refractivity contribution in [3.63, 3.8) is 0 Å². The van der Waals surface area contributed by atoms with Crippen molar-refractivity contribution in [3.05, 3.63) is 23.3 Å². The van der Waals surface area contributed by atoms with Crippen LogP contribution in [0.2, 0.25) is 0 Å². The summed E-state index contributed by atoms with van der Waals surface area (Å²) in [5.74, 6) is 2.49. The minimum Gasteiger partial charge on any atom is -0.493 e. The zero-order chi connectivity index (χ0) is 11.8. The Labute approximate surface area is 101 Å². The van der Waals surface area contributed by atoms with E-state index < -0.39 is 0 Å². The lowest BCUT2D eigenvalue weighted by atomic mass is 10.1. The van der Waals surface area contributed by atoms with Crippen LogP contribution < -0.4 is 9.47 Å². The second-order valence-electron chi connectivity index (χ2n) is 4.86. The number of fused-ring (bicyclic) bond motifs is 1. The van der Waals surface area contributed by atoms with E-state index in [0.29, 0.717) is 11.3 Å². The Hall–Kier alpha value is -1.51. The maximum atomic E-state index is 11.5. The third-order valence-corrected chi connectivity index (χ3v) is 3.48. The van der Waals surface area contributed by atoms with Gasteiger partial charge in [0, 0.05) is 5.56 Å². The van der Waals surface area contributed by atoms with Crippen LogP contribution in [0.3, 0.4) is 0 Å². The molecule has 0 saturated heterocycles. The van der Waals surface area contributed by atoms with E-state index in [9.17, 15) is 4.79 Å². The molecule has 1 aliphatic carbocycles. The highest BCUT2D eigenvalue weighted by molar-refractivity contribution is 6.02. The number of rotatable bonds is 4. The van der Waals surface area contributed by atoms with Gasteiger partial charge in [0.05, 0.1) is 12.2 Å². The second-order valence-corrected chi connectivity index (χ2v) is 4.86. The van der Waals surface area contributed by atoms with Gasteiger partial charge in [0.1, 0.15) is 11.5 Å². The van der Waals surface area contributed by atoms with Crippen LogP contribution in [0.1, 0.15) is 35.2 Å². The Bertz CT molecular complexity index is 461. The molecule has 0 atom stereocenters. The first-order valence-corrected chi connectivity index (χ1v) is 6.18. The van der Waals surface area contributed by atoms with Crippen LogP contribution in [0, 0.1) is 12.8 Å². The van der Waals surface area contributed by atoms with Gasteiger partial charge in [0.2, 0.25) is 5.78 Å². The van der Waals surface area contributed by atoms with Crippen LogP contribution in [-0.4, -0.2) is 19.0 Å². The number of hydrogen-bond donors (Lipinski definition) is 0. The number of Topliss-reactive ketones (excluding diaryl/α,β-unsaturated/α-hetero) is 1. The number of carbonyl (C=O) groups excluding carboxylic acids is 1. The second kappa shape index (κ2) is 4.06. The molecule has 0 radical (unpaired) electrons. The summed E-state index contributed by atoms with van der Waals surface area (Å²) >= 11 is 0. The van der Waals surface area contributed by atoms with Gasteiger partial charge in [-0.15, -0.1) is 0 Å². The van der Waals surface area contributed by atoms with E-state index in [-0.39, 0.29) is 12.4 Å². The van der Waals surface area contributed by atoms with Gasteiger partial charge in [-0.1, -0.05) is 12.8 Å². The summed E-state index contributed by atoms with van der Waals surface area (Å²) in [6.07, 6.45) is 3.84. The van der Waals surface area contributed by atoms with Gasteiger partial charge in [-0.2, -0.15) is 0 Å². The van der Waals surface area contributed by atoms with Gasteiger partial charge in [0.15, 0.2) is 6.61 Å². The Morgan fingerprint density at radius 1 is 1.41 bits per heavy atom. The smallest absolute Gasteiger partial charge is 0.203 e. The first kappa shape index (κ1) is 10.6. The molecule has 1 heterocycles. The minimum atomic E-state index is 0.0626. The van der Waals surface area contributed by atoms with E-state index in [2.05, 4.69) is 0 Å². The standard InChI is InChI=1S/C14H16O3/c1-9-13(16-7-6-10-2-3-10)5-4-11-12(15)8-17-14(9)11/h4-5,10H,2-3,6-8H2,1H3. The fourth-order valence-corrected chi connectivity index (χ4v) is 2.19. The molecule has 3 nitrogen and oxygen atoms in total. The van der Waals surface area contributed by atoms with Crippen molar-refractivity contribution in [2.24, 2.45) is 5.92 Å². The molecule has 17 heavy (non-hydrogen) atoms. The van der Waals surface area contributed by atoms with Gasteiger partial charge in [0.25, 0.3) is 0 Å². The minimum absolute atomic E-state index is 0.0626. The Morgan fingerprint density at radius 3 is 3.00 bits per heavy atom. The highest BCUT2D eigenvalue weighted by atomic mass is 16.5. The molecular weight excluding hydrogens is 216 g/mol. The van der Waals surface area contributed by atoms with Crippen molar-refractivity contribution in [2.45, 2.75) is 26.2 Å². The SMILES string of the molecule is Cc1c(OCCC2CC2)ccc2c1OCC2=O. The molecule has 0 amide bonds. The Kier molecular flexibility index (Phi) is 2.54. The maximum absolute atomic E-state index is 11.5. The van der Waals surface area contributed by atoms with Crippen LogP contribution in [0.4, 0.5) is 0 Å². The number of ketones is 1. The van der Waals surface area contributed by atoms with E-state index >= 15 is 0 Å². The maximum Gasteiger partial charge on any atom is 0.203 e. The monoisotopic (exact) mass is 232 g/mol. The third-order valence-electron chi connectivity index (χ3n) is 3.48. The predicted octanol–water partition coefficient (Wildman–Crippen LogP) is 2.75. The van der Waals surface area contributed by atoms with Crippen molar-refractivity contribution in [3.8, 4) is 11.5 Å². The molecule has 90 valence electrons. The topological polar surface area (TPSA) is 35.5 Å². The normalized spacial score (nSPS) is 17.8. The highest BCUT2D eigenvalue weighted by Crippen LogP contribution is 2.36. The molecule has 0 spiro atoms. The fraction of sp³-hybridized carbons (Fsp3) is 0.500. The molecule has 0 bridgehead atoms. The van der Waals surface area contributed by atoms with Crippen LogP contribution in [0.25, 0.3) is 0 Å².